The lowest BCUT2D eigenvalue weighted by molar-refractivity contribution is 0.768. The van der Waals surface area contributed by atoms with Crippen molar-refractivity contribution in [3.63, 3.8) is 0 Å². The van der Waals surface area contributed by atoms with E-state index in [9.17, 15) is 0 Å². The first-order valence-corrected chi connectivity index (χ1v) is 23.2. The fourth-order valence-corrected chi connectivity index (χ4v) is 12.0. The molecule has 0 aromatic heterocycles. The zero-order valence-corrected chi connectivity index (χ0v) is 36.3. The highest BCUT2D eigenvalue weighted by Crippen LogP contribution is 2.57. The van der Waals surface area contributed by atoms with E-state index in [1.807, 2.05) is 11.8 Å². The molecule has 0 fully saturated rings. The summed E-state index contributed by atoms with van der Waals surface area (Å²) in [6.45, 7) is 0. The summed E-state index contributed by atoms with van der Waals surface area (Å²) in [5.41, 5.74) is 17.9. The third kappa shape index (κ3) is 5.95. The smallest absolute Gasteiger partial charge is 0.0714 e. The molecule has 0 N–H and O–H groups in total. The predicted molar refractivity (Wildman–Crippen MR) is 274 cm³/mol. The molecule has 0 saturated carbocycles. The SMILES string of the molecule is c1ccc(C2(c3ccccc3)c3ccccc3-c3ccc(N(c4ccc(-c5cccc(-c6ccc7c(c6)-c6cccc8cccc(c68)S7)c5)cc4)c4cccc5ccccc45)cc32)cc1. The molecule has 2 aliphatic rings. The number of benzene rings is 11. The van der Waals surface area contributed by atoms with Crippen LogP contribution in [0.5, 0.6) is 0 Å². The van der Waals surface area contributed by atoms with Crippen molar-refractivity contribution in [1.82, 2.24) is 0 Å². The summed E-state index contributed by atoms with van der Waals surface area (Å²) in [5, 5.41) is 5.06. The molecule has 1 heterocycles. The van der Waals surface area contributed by atoms with Gasteiger partial charge in [-0.25, -0.2) is 0 Å². The third-order valence-electron chi connectivity index (χ3n) is 13.7. The van der Waals surface area contributed by atoms with Crippen LogP contribution in [0.4, 0.5) is 17.1 Å². The van der Waals surface area contributed by atoms with Crippen LogP contribution >= 0.6 is 11.8 Å². The van der Waals surface area contributed by atoms with E-state index in [1.165, 1.54) is 98.1 Å². The van der Waals surface area contributed by atoms with Gasteiger partial charge in [0.2, 0.25) is 0 Å². The van der Waals surface area contributed by atoms with Crippen molar-refractivity contribution in [2.75, 3.05) is 4.90 Å². The minimum Gasteiger partial charge on any atom is -0.310 e. The first-order valence-electron chi connectivity index (χ1n) is 22.4. The van der Waals surface area contributed by atoms with Gasteiger partial charge in [-0.2, -0.15) is 0 Å². The maximum Gasteiger partial charge on any atom is 0.0714 e. The zero-order valence-electron chi connectivity index (χ0n) is 35.5. The van der Waals surface area contributed by atoms with Gasteiger partial charge in [0.05, 0.1) is 11.1 Å². The van der Waals surface area contributed by atoms with Crippen LogP contribution in [-0.2, 0) is 5.41 Å². The molecule has 65 heavy (non-hydrogen) atoms. The molecule has 0 bridgehead atoms. The van der Waals surface area contributed by atoms with Crippen molar-refractivity contribution < 1.29 is 0 Å². The lowest BCUT2D eigenvalue weighted by Crippen LogP contribution is -2.28. The van der Waals surface area contributed by atoms with Crippen LogP contribution in [-0.4, -0.2) is 0 Å². The maximum absolute atomic E-state index is 2.46. The molecular weight excluding hydrogens is 803 g/mol. The van der Waals surface area contributed by atoms with E-state index in [0.717, 1.165) is 17.1 Å². The van der Waals surface area contributed by atoms with Crippen LogP contribution in [0.15, 0.2) is 259 Å². The molecule has 0 radical (unpaired) electrons. The van der Waals surface area contributed by atoms with Gasteiger partial charge in [-0.3, -0.25) is 0 Å². The lowest BCUT2D eigenvalue weighted by Gasteiger charge is -2.35. The van der Waals surface area contributed by atoms with Gasteiger partial charge in [0, 0.05) is 31.9 Å². The zero-order chi connectivity index (χ0) is 42.9. The Kier molecular flexibility index (Phi) is 8.76. The largest absolute Gasteiger partial charge is 0.310 e. The Morgan fingerprint density at radius 2 is 0.908 bits per heavy atom. The standard InChI is InChI=1S/C63H41NS/c1-3-21-48(22-4-1)63(49-23-5-2-6-24-49)57-28-10-9-26-53(57)54-37-36-51(41-58(54)63)64(59-29-13-16-43-15-7-8-25-52(43)59)50-34-31-42(32-35-50)45-19-11-20-46(39-45)47-33-38-60-56(40-47)55-27-12-17-44-18-14-30-61(65-60)62(44)55/h1-41H. The fraction of sp³-hybridized carbons (Fsp3) is 0.0159. The predicted octanol–water partition coefficient (Wildman–Crippen LogP) is 17.3. The average Bonchev–Trinajstić information content (AvgIpc) is 3.68. The van der Waals surface area contributed by atoms with Crippen LogP contribution in [0.1, 0.15) is 22.3 Å². The van der Waals surface area contributed by atoms with E-state index in [2.05, 4.69) is 254 Å². The van der Waals surface area contributed by atoms with Gasteiger partial charge in [0.25, 0.3) is 0 Å². The molecule has 0 unspecified atom stereocenters. The number of hydrogen-bond acceptors (Lipinski definition) is 2. The van der Waals surface area contributed by atoms with Gasteiger partial charge in [0.1, 0.15) is 0 Å². The molecule has 1 aliphatic heterocycles. The fourth-order valence-electron chi connectivity index (χ4n) is 10.8. The highest BCUT2D eigenvalue weighted by Gasteiger charge is 2.46. The lowest BCUT2D eigenvalue weighted by atomic mass is 9.67. The van der Waals surface area contributed by atoms with Crippen LogP contribution in [0.2, 0.25) is 0 Å². The second-order valence-corrected chi connectivity index (χ2v) is 18.3. The first-order chi connectivity index (χ1) is 32.2. The van der Waals surface area contributed by atoms with E-state index < -0.39 is 5.41 Å². The molecule has 1 aliphatic carbocycles. The Hall–Kier alpha value is -7.91. The minimum atomic E-state index is -0.502. The molecule has 0 atom stereocenters. The van der Waals surface area contributed by atoms with Crippen molar-refractivity contribution in [2.24, 2.45) is 0 Å². The Morgan fingerprint density at radius 3 is 1.72 bits per heavy atom. The maximum atomic E-state index is 2.46. The van der Waals surface area contributed by atoms with Crippen molar-refractivity contribution in [3.05, 3.63) is 271 Å². The van der Waals surface area contributed by atoms with Crippen LogP contribution in [0.3, 0.4) is 0 Å². The molecule has 1 nitrogen and oxygen atoms in total. The molecule has 11 aromatic rings. The number of anilines is 3. The van der Waals surface area contributed by atoms with E-state index in [1.54, 1.807) is 0 Å². The van der Waals surface area contributed by atoms with Crippen LogP contribution in [0, 0.1) is 0 Å². The monoisotopic (exact) mass is 843 g/mol. The molecule has 2 heteroatoms. The first kappa shape index (κ1) is 37.6. The van der Waals surface area contributed by atoms with Gasteiger partial charge < -0.3 is 4.90 Å². The summed E-state index contributed by atoms with van der Waals surface area (Å²) in [6.07, 6.45) is 0. The van der Waals surface area contributed by atoms with Crippen molar-refractivity contribution >= 4 is 50.4 Å². The normalized spacial score (nSPS) is 13.0. The van der Waals surface area contributed by atoms with Gasteiger partial charge in [-0.15, -0.1) is 0 Å². The Morgan fingerprint density at radius 1 is 0.323 bits per heavy atom. The summed E-state index contributed by atoms with van der Waals surface area (Å²) in [4.78, 5) is 5.09. The second-order valence-electron chi connectivity index (χ2n) is 17.2. The van der Waals surface area contributed by atoms with Crippen LogP contribution in [0.25, 0.3) is 66.1 Å². The van der Waals surface area contributed by atoms with E-state index in [-0.39, 0.29) is 0 Å². The van der Waals surface area contributed by atoms with Crippen LogP contribution < -0.4 is 4.90 Å². The van der Waals surface area contributed by atoms with Crippen molar-refractivity contribution in [3.8, 4) is 44.5 Å². The number of nitrogens with zero attached hydrogens (tertiary/aromatic N) is 1. The summed E-state index contributed by atoms with van der Waals surface area (Å²) in [7, 11) is 0. The van der Waals surface area contributed by atoms with Gasteiger partial charge in [-0.1, -0.05) is 206 Å². The summed E-state index contributed by atoms with van der Waals surface area (Å²) < 4.78 is 0. The van der Waals surface area contributed by atoms with E-state index in [0.29, 0.717) is 0 Å². The number of hydrogen-bond donors (Lipinski definition) is 0. The van der Waals surface area contributed by atoms with Gasteiger partial charge >= 0.3 is 0 Å². The summed E-state index contributed by atoms with van der Waals surface area (Å²) in [6, 6.07) is 92.1. The summed E-state index contributed by atoms with van der Waals surface area (Å²) in [5.74, 6) is 0. The van der Waals surface area contributed by atoms with Gasteiger partial charge in [-0.05, 0) is 132 Å². The molecule has 0 spiro atoms. The average molecular weight is 844 g/mol. The topological polar surface area (TPSA) is 3.24 Å². The highest BCUT2D eigenvalue weighted by molar-refractivity contribution is 7.99. The number of fused-ring (bicyclic) bond motifs is 6. The molecule has 0 saturated heterocycles. The molecular formula is C63H41NS. The number of rotatable bonds is 7. The molecule has 11 aromatic carbocycles. The third-order valence-corrected chi connectivity index (χ3v) is 14.9. The van der Waals surface area contributed by atoms with Crippen molar-refractivity contribution in [1.29, 1.82) is 0 Å². The Balaban J connectivity index is 0.935. The Bertz CT molecular complexity index is 3580. The molecule has 0 amide bonds. The van der Waals surface area contributed by atoms with Gasteiger partial charge in [0.15, 0.2) is 0 Å². The Labute approximate surface area is 383 Å². The quantitative estimate of drug-likeness (QED) is 0.157. The van der Waals surface area contributed by atoms with Crippen molar-refractivity contribution in [2.45, 2.75) is 15.2 Å². The summed E-state index contributed by atoms with van der Waals surface area (Å²) >= 11 is 1.88. The van der Waals surface area contributed by atoms with E-state index in [4.69, 9.17) is 0 Å². The van der Waals surface area contributed by atoms with E-state index >= 15 is 0 Å². The molecule has 13 rings (SSSR count). The minimum absolute atomic E-state index is 0.502. The second kappa shape index (κ2) is 15.1. The highest BCUT2D eigenvalue weighted by atomic mass is 32.2. The molecule has 304 valence electrons.